The Hall–Kier alpha value is -3.92. The average Bonchev–Trinajstić information content (AvgIpc) is 3.72. The molecule has 0 aliphatic heterocycles. The van der Waals surface area contributed by atoms with Crippen molar-refractivity contribution in [3.8, 4) is 11.4 Å². The highest BCUT2D eigenvalue weighted by atomic mass is 32.1. The van der Waals surface area contributed by atoms with Crippen LogP contribution in [0.3, 0.4) is 0 Å². The topological polar surface area (TPSA) is 93.0 Å². The summed E-state index contributed by atoms with van der Waals surface area (Å²) in [6.07, 6.45) is 4.70. The normalized spacial score (nSPS) is 14.3. The van der Waals surface area contributed by atoms with Crippen molar-refractivity contribution in [1.29, 1.82) is 0 Å². The Morgan fingerprint density at radius 2 is 1.87 bits per heavy atom. The fourth-order valence-electron chi connectivity index (χ4n) is 4.99. The van der Waals surface area contributed by atoms with Gasteiger partial charge in [-0.15, -0.1) is 21.5 Å². The predicted octanol–water partition coefficient (Wildman–Crippen LogP) is 4.72. The van der Waals surface area contributed by atoms with Crippen LogP contribution in [0.25, 0.3) is 11.4 Å². The van der Waals surface area contributed by atoms with E-state index in [2.05, 4.69) is 20.7 Å². The van der Waals surface area contributed by atoms with Gasteiger partial charge in [0, 0.05) is 23.0 Å². The van der Waals surface area contributed by atoms with Gasteiger partial charge in [0.25, 0.3) is 0 Å². The largest absolute Gasteiger partial charge is 0.351 e. The molecule has 5 rings (SSSR count). The number of nitrogens with one attached hydrogen (secondary N) is 1. The van der Waals surface area contributed by atoms with E-state index in [4.69, 9.17) is 0 Å². The van der Waals surface area contributed by atoms with Crippen LogP contribution in [0.15, 0.2) is 66.0 Å². The lowest BCUT2D eigenvalue weighted by Crippen LogP contribution is -2.47. The molecule has 202 valence electrons. The molecule has 1 saturated carbocycles. The van der Waals surface area contributed by atoms with E-state index in [0.29, 0.717) is 24.4 Å². The maximum Gasteiger partial charge on any atom is 0.248 e. The van der Waals surface area contributed by atoms with Gasteiger partial charge < -0.3 is 10.2 Å². The third-order valence-corrected chi connectivity index (χ3v) is 8.03. The van der Waals surface area contributed by atoms with Gasteiger partial charge in [0.05, 0.1) is 0 Å². The van der Waals surface area contributed by atoms with Crippen LogP contribution in [-0.2, 0) is 22.6 Å². The van der Waals surface area contributed by atoms with E-state index >= 15 is 0 Å². The van der Waals surface area contributed by atoms with Gasteiger partial charge in [0.15, 0.2) is 0 Å². The number of hydrogen-bond acceptors (Lipinski definition) is 6. The lowest BCUT2D eigenvalue weighted by atomic mass is 10.0. The molecule has 0 saturated heterocycles. The number of nitrogens with zero attached hydrogens (tertiary/aromatic N) is 5. The van der Waals surface area contributed by atoms with Crippen LogP contribution in [0.5, 0.6) is 0 Å². The zero-order valence-corrected chi connectivity index (χ0v) is 22.6. The molecule has 1 N–H and O–H groups in total. The van der Waals surface area contributed by atoms with E-state index in [1.165, 1.54) is 28.3 Å². The minimum Gasteiger partial charge on any atom is -0.351 e. The molecule has 1 fully saturated rings. The first-order valence-electron chi connectivity index (χ1n) is 13.2. The Bertz CT molecular complexity index is 1400. The molecule has 2 aromatic heterocycles. The van der Waals surface area contributed by atoms with Crippen LogP contribution in [0.1, 0.15) is 47.7 Å². The van der Waals surface area contributed by atoms with Crippen LogP contribution < -0.4 is 5.32 Å². The minimum absolute atomic E-state index is 0.128. The van der Waals surface area contributed by atoms with E-state index in [1.54, 1.807) is 17.0 Å². The smallest absolute Gasteiger partial charge is 0.248 e. The summed E-state index contributed by atoms with van der Waals surface area (Å²) in [6, 6.07) is 17.0. The van der Waals surface area contributed by atoms with Gasteiger partial charge in [-0.05, 0) is 78.2 Å². The van der Waals surface area contributed by atoms with E-state index in [0.717, 1.165) is 41.7 Å². The Morgan fingerprint density at radius 1 is 1.10 bits per heavy atom. The molecule has 2 amide bonds. The standard InChI is InChI=1S/C29H31FN6O2S/c1-20-7-2-3-8-21(20)16-17-35(27(25-11-6-18-39-25)29(38)31-24-9-4-5-10-24)26(37)19-36-33-28(32-34-36)22-12-14-23(30)15-13-22/h2-3,6-8,11-15,18,24,27H,4-5,9-10,16-17,19H2,1H3,(H,31,38)/t27-/m1/s1. The van der Waals surface area contributed by atoms with Crippen LogP contribution >= 0.6 is 11.3 Å². The monoisotopic (exact) mass is 546 g/mol. The van der Waals surface area contributed by atoms with Gasteiger partial charge in [-0.25, -0.2) is 4.39 Å². The Labute approximate surface area is 230 Å². The second-order valence-electron chi connectivity index (χ2n) is 9.82. The first kappa shape index (κ1) is 26.7. The lowest BCUT2D eigenvalue weighted by molar-refractivity contribution is -0.141. The van der Waals surface area contributed by atoms with Gasteiger partial charge >= 0.3 is 0 Å². The summed E-state index contributed by atoms with van der Waals surface area (Å²) < 4.78 is 13.3. The van der Waals surface area contributed by atoms with Crippen molar-refractivity contribution < 1.29 is 14.0 Å². The molecule has 10 heteroatoms. The minimum atomic E-state index is -0.762. The Morgan fingerprint density at radius 3 is 2.59 bits per heavy atom. The molecular weight excluding hydrogens is 515 g/mol. The number of carbonyl (C=O) groups excluding carboxylic acids is 2. The molecule has 2 aromatic carbocycles. The fraction of sp³-hybridized carbons (Fsp3) is 0.345. The quantitative estimate of drug-likeness (QED) is 0.311. The Balaban J connectivity index is 1.41. The van der Waals surface area contributed by atoms with Crippen LogP contribution in [0, 0.1) is 12.7 Å². The number of amides is 2. The average molecular weight is 547 g/mol. The Kier molecular flexibility index (Phi) is 8.41. The molecule has 1 aliphatic rings. The van der Waals surface area contributed by atoms with Crippen molar-refractivity contribution in [2.75, 3.05) is 6.54 Å². The SMILES string of the molecule is Cc1ccccc1CCN(C(=O)Cn1nnc(-c2ccc(F)cc2)n1)[C@@H](C(=O)NC1CCCC1)c1cccs1. The predicted molar refractivity (Wildman–Crippen MR) is 147 cm³/mol. The highest BCUT2D eigenvalue weighted by molar-refractivity contribution is 7.10. The number of hydrogen-bond donors (Lipinski definition) is 1. The number of aryl methyl sites for hydroxylation is 1. The summed E-state index contributed by atoms with van der Waals surface area (Å²) in [6.45, 7) is 2.21. The van der Waals surface area contributed by atoms with Gasteiger partial charge in [-0.3, -0.25) is 9.59 Å². The maximum atomic E-state index is 13.9. The van der Waals surface area contributed by atoms with E-state index < -0.39 is 6.04 Å². The molecule has 8 nitrogen and oxygen atoms in total. The van der Waals surface area contributed by atoms with Crippen molar-refractivity contribution in [3.05, 3.63) is 87.9 Å². The lowest BCUT2D eigenvalue weighted by Gasteiger charge is -2.31. The van der Waals surface area contributed by atoms with E-state index in [9.17, 15) is 14.0 Å². The van der Waals surface area contributed by atoms with Gasteiger partial charge in [0.1, 0.15) is 18.4 Å². The van der Waals surface area contributed by atoms with Crippen molar-refractivity contribution in [1.82, 2.24) is 30.4 Å². The van der Waals surface area contributed by atoms with E-state index in [-0.39, 0.29) is 30.2 Å². The summed E-state index contributed by atoms with van der Waals surface area (Å²) in [4.78, 5) is 31.2. The molecule has 1 aliphatic carbocycles. The fourth-order valence-corrected chi connectivity index (χ4v) is 5.82. The first-order valence-corrected chi connectivity index (χ1v) is 14.1. The third kappa shape index (κ3) is 6.57. The van der Waals surface area contributed by atoms with Crippen molar-refractivity contribution in [2.45, 2.75) is 57.7 Å². The van der Waals surface area contributed by atoms with Crippen LogP contribution in [0.4, 0.5) is 4.39 Å². The zero-order chi connectivity index (χ0) is 27.2. The molecule has 0 spiro atoms. The number of aromatic nitrogens is 4. The molecule has 0 radical (unpaired) electrons. The van der Waals surface area contributed by atoms with Crippen molar-refractivity contribution >= 4 is 23.2 Å². The number of rotatable bonds is 10. The summed E-state index contributed by atoms with van der Waals surface area (Å²) in [5, 5.41) is 17.6. The highest BCUT2D eigenvalue weighted by Gasteiger charge is 2.34. The summed E-state index contributed by atoms with van der Waals surface area (Å²) >= 11 is 1.46. The third-order valence-electron chi connectivity index (χ3n) is 7.11. The number of carbonyl (C=O) groups is 2. The van der Waals surface area contributed by atoms with Gasteiger partial charge in [-0.2, -0.15) is 4.80 Å². The molecule has 0 unspecified atom stereocenters. The molecule has 0 bridgehead atoms. The second-order valence-corrected chi connectivity index (χ2v) is 10.8. The summed E-state index contributed by atoms with van der Waals surface area (Å²) in [5.74, 6) is -0.517. The number of thiophene rings is 1. The molecular formula is C29H31FN6O2S. The van der Waals surface area contributed by atoms with Crippen LogP contribution in [-0.4, -0.2) is 49.5 Å². The number of tetrazole rings is 1. The number of benzene rings is 2. The number of halogens is 1. The second kappa shape index (κ2) is 12.3. The summed E-state index contributed by atoms with van der Waals surface area (Å²) in [5.41, 5.74) is 2.85. The molecule has 4 aromatic rings. The van der Waals surface area contributed by atoms with Crippen LogP contribution in [0.2, 0.25) is 0 Å². The highest BCUT2D eigenvalue weighted by Crippen LogP contribution is 2.28. The first-order chi connectivity index (χ1) is 19.0. The maximum absolute atomic E-state index is 13.9. The summed E-state index contributed by atoms with van der Waals surface area (Å²) in [7, 11) is 0. The zero-order valence-electron chi connectivity index (χ0n) is 21.8. The van der Waals surface area contributed by atoms with Crippen molar-refractivity contribution in [2.24, 2.45) is 0 Å². The molecule has 1 atom stereocenters. The molecule has 2 heterocycles. The van der Waals surface area contributed by atoms with Gasteiger partial charge in [0.2, 0.25) is 17.6 Å². The van der Waals surface area contributed by atoms with E-state index in [1.807, 2.05) is 48.7 Å². The van der Waals surface area contributed by atoms with Crippen molar-refractivity contribution in [3.63, 3.8) is 0 Å². The van der Waals surface area contributed by atoms with Gasteiger partial charge in [-0.1, -0.05) is 43.2 Å². The molecule has 39 heavy (non-hydrogen) atoms.